The lowest BCUT2D eigenvalue weighted by Crippen LogP contribution is -2.45. The fourth-order valence-electron chi connectivity index (χ4n) is 9.15. The third-order valence-corrected chi connectivity index (χ3v) is 14.8. The van der Waals surface area contributed by atoms with E-state index in [0.29, 0.717) is 50.1 Å². The average molecular weight is 789 g/mol. The third kappa shape index (κ3) is 11.7. The van der Waals surface area contributed by atoms with Crippen molar-refractivity contribution in [2.45, 2.75) is 103 Å². The number of anilines is 1. The van der Waals surface area contributed by atoms with Gasteiger partial charge in [-0.05, 0) is 136 Å². The molecule has 0 spiro atoms. The molecule has 0 radical (unpaired) electrons. The van der Waals surface area contributed by atoms with E-state index < -0.39 is 20.0 Å². The van der Waals surface area contributed by atoms with Crippen molar-refractivity contribution in [3.05, 3.63) is 68.8 Å². The summed E-state index contributed by atoms with van der Waals surface area (Å²) in [5.41, 5.74) is 12.2. The van der Waals surface area contributed by atoms with E-state index in [0.717, 1.165) is 108 Å². The van der Waals surface area contributed by atoms with Crippen LogP contribution in [0.2, 0.25) is 0 Å². The second-order valence-electron chi connectivity index (χ2n) is 16.2. The summed E-state index contributed by atoms with van der Waals surface area (Å²) in [7, 11) is -6.13. The van der Waals surface area contributed by atoms with Crippen molar-refractivity contribution in [2.24, 2.45) is 11.8 Å². The topological polar surface area (TPSA) is 150 Å². The van der Waals surface area contributed by atoms with Crippen LogP contribution in [0.15, 0.2) is 36.4 Å². The van der Waals surface area contributed by atoms with Gasteiger partial charge in [0.15, 0.2) is 0 Å². The zero-order valence-corrected chi connectivity index (χ0v) is 34.6. The highest BCUT2D eigenvalue weighted by molar-refractivity contribution is 7.88. The van der Waals surface area contributed by atoms with Gasteiger partial charge in [0.25, 0.3) is 5.69 Å². The third-order valence-electron chi connectivity index (χ3n) is 12.2. The van der Waals surface area contributed by atoms with Gasteiger partial charge in [-0.3, -0.25) is 19.9 Å². The second kappa shape index (κ2) is 19.0. The van der Waals surface area contributed by atoms with Crippen LogP contribution >= 0.6 is 0 Å². The first-order chi connectivity index (χ1) is 25.6. The Morgan fingerprint density at radius 3 is 1.52 bits per heavy atom. The molecule has 0 saturated carbocycles. The molecular formula is C40H64N6O6S2. The number of hydrogen-bond acceptors (Lipinski definition) is 9. The molecular weight excluding hydrogens is 725 g/mol. The molecule has 2 unspecified atom stereocenters. The molecule has 2 aromatic rings. The number of benzene rings is 2. The molecule has 14 heteroatoms. The fraction of sp³-hybridized carbons (Fsp3) is 0.700. The van der Waals surface area contributed by atoms with Crippen LogP contribution in [0.3, 0.4) is 0 Å². The summed E-state index contributed by atoms with van der Waals surface area (Å²) in [6.07, 6.45) is 14.9. The van der Waals surface area contributed by atoms with Gasteiger partial charge in [-0.15, -0.1) is 0 Å². The minimum absolute atomic E-state index is 0.176. The highest BCUT2D eigenvalue weighted by Gasteiger charge is 2.32. The van der Waals surface area contributed by atoms with Crippen molar-refractivity contribution in [1.82, 2.24) is 18.4 Å². The van der Waals surface area contributed by atoms with Gasteiger partial charge in [0.1, 0.15) is 0 Å². The molecule has 0 bridgehead atoms. The number of aryl methyl sites for hydroxylation is 2. The SMILES string of the molecule is CCCN(CC1CCN(S(C)(=O)=O)CC1)C1CCc2ccc(N)cc2C1.CCCN(CC1CCN(S(C)(=O)=O)CC1)C1CCc2ccc([N+](=O)[O-])cc2C1. The van der Waals surface area contributed by atoms with Gasteiger partial charge in [0.2, 0.25) is 20.0 Å². The molecule has 2 aliphatic carbocycles. The molecule has 2 fully saturated rings. The summed E-state index contributed by atoms with van der Waals surface area (Å²) in [6.45, 7) is 11.2. The number of piperidine rings is 2. The molecule has 2 aromatic carbocycles. The first-order valence-electron chi connectivity index (χ1n) is 20.2. The molecule has 2 heterocycles. The first kappa shape index (κ1) is 42.5. The van der Waals surface area contributed by atoms with Crippen molar-refractivity contribution in [3.8, 4) is 0 Å². The van der Waals surface area contributed by atoms with Crippen LogP contribution < -0.4 is 5.73 Å². The summed E-state index contributed by atoms with van der Waals surface area (Å²) >= 11 is 0. The van der Waals surface area contributed by atoms with E-state index in [1.165, 1.54) is 35.6 Å². The molecule has 2 N–H and O–H groups in total. The molecule has 2 aliphatic heterocycles. The number of sulfonamides is 2. The van der Waals surface area contributed by atoms with Gasteiger partial charge in [0.05, 0.1) is 17.4 Å². The monoisotopic (exact) mass is 788 g/mol. The van der Waals surface area contributed by atoms with Gasteiger partial charge in [-0.2, -0.15) is 0 Å². The Bertz CT molecular complexity index is 1770. The molecule has 12 nitrogen and oxygen atoms in total. The molecule has 54 heavy (non-hydrogen) atoms. The molecule has 0 amide bonds. The lowest BCUT2D eigenvalue weighted by Gasteiger charge is -2.39. The van der Waals surface area contributed by atoms with Gasteiger partial charge in [-0.25, -0.2) is 25.4 Å². The number of nitro groups is 1. The number of hydrogen-bond donors (Lipinski definition) is 1. The van der Waals surface area contributed by atoms with Crippen LogP contribution in [0.25, 0.3) is 0 Å². The lowest BCUT2D eigenvalue weighted by molar-refractivity contribution is -0.384. The number of nitrogens with two attached hydrogens (primary N) is 1. The van der Waals surface area contributed by atoms with Crippen LogP contribution in [-0.2, 0) is 45.7 Å². The van der Waals surface area contributed by atoms with Gasteiger partial charge >= 0.3 is 0 Å². The maximum absolute atomic E-state index is 11.7. The second-order valence-corrected chi connectivity index (χ2v) is 20.2. The van der Waals surface area contributed by atoms with Gasteiger partial charge < -0.3 is 5.73 Å². The van der Waals surface area contributed by atoms with Crippen LogP contribution in [0, 0.1) is 22.0 Å². The molecule has 2 saturated heterocycles. The molecule has 2 atom stereocenters. The normalized spacial score (nSPS) is 22.0. The Kier molecular flexibility index (Phi) is 15.0. The van der Waals surface area contributed by atoms with E-state index in [9.17, 15) is 26.9 Å². The van der Waals surface area contributed by atoms with Crippen LogP contribution in [-0.4, -0.2) is 117 Å². The Balaban J connectivity index is 0.000000208. The quantitative estimate of drug-likeness (QED) is 0.161. The zero-order chi connectivity index (χ0) is 39.0. The van der Waals surface area contributed by atoms with Crippen molar-refractivity contribution in [1.29, 1.82) is 0 Å². The van der Waals surface area contributed by atoms with E-state index in [-0.39, 0.29) is 10.6 Å². The number of nitrogen functional groups attached to an aromatic ring is 1. The summed E-state index contributed by atoms with van der Waals surface area (Å²) in [6, 6.07) is 12.6. The Morgan fingerprint density at radius 2 is 1.11 bits per heavy atom. The van der Waals surface area contributed by atoms with Crippen molar-refractivity contribution in [2.75, 3.05) is 70.6 Å². The minimum Gasteiger partial charge on any atom is -0.399 e. The van der Waals surface area contributed by atoms with Crippen molar-refractivity contribution in [3.63, 3.8) is 0 Å². The summed E-state index contributed by atoms with van der Waals surface area (Å²) in [5, 5.41) is 11.1. The minimum atomic E-state index is -3.09. The Hall–Kier alpha value is -2.62. The fourth-order valence-corrected chi connectivity index (χ4v) is 10.9. The highest BCUT2D eigenvalue weighted by atomic mass is 32.2. The largest absolute Gasteiger partial charge is 0.399 e. The lowest BCUT2D eigenvalue weighted by atomic mass is 9.86. The van der Waals surface area contributed by atoms with Crippen molar-refractivity contribution >= 4 is 31.4 Å². The van der Waals surface area contributed by atoms with Gasteiger partial charge in [-0.1, -0.05) is 26.0 Å². The van der Waals surface area contributed by atoms with E-state index in [4.69, 9.17) is 5.73 Å². The highest BCUT2D eigenvalue weighted by Crippen LogP contribution is 2.31. The van der Waals surface area contributed by atoms with E-state index in [2.05, 4.69) is 35.8 Å². The molecule has 302 valence electrons. The van der Waals surface area contributed by atoms with Crippen molar-refractivity contribution < 1.29 is 21.8 Å². The van der Waals surface area contributed by atoms with E-state index in [1.807, 2.05) is 12.1 Å². The molecule has 6 rings (SSSR count). The van der Waals surface area contributed by atoms with Gasteiger partial charge in [0, 0.05) is 69.2 Å². The summed E-state index contributed by atoms with van der Waals surface area (Å²) < 4.78 is 50.1. The number of non-ortho nitro benzene ring substituents is 1. The number of fused-ring (bicyclic) bond motifs is 2. The standard InChI is InChI=1S/C20H31N3O4S.C20H33N3O2S/c1-3-10-21(15-16-8-11-22(12-9-16)28(2,26)27)19-6-4-17-5-7-20(23(24)25)14-18(17)13-19;1-3-10-22(15-16-8-11-23(12-9-16)26(2,24)25)20-7-5-17-4-6-19(21)13-18(17)14-20/h5,7,14,16,19H,3-4,6,8-13,15H2,1-2H3;4,6,13,16,20H,3,5,7-12,14-15,21H2,1-2H3. The average Bonchev–Trinajstić information content (AvgIpc) is 3.13. The molecule has 0 aromatic heterocycles. The number of rotatable bonds is 13. The van der Waals surface area contributed by atoms with E-state index >= 15 is 0 Å². The zero-order valence-electron chi connectivity index (χ0n) is 33.0. The Labute approximate surface area is 324 Å². The number of nitrogens with zero attached hydrogens (tertiary/aromatic N) is 5. The summed E-state index contributed by atoms with van der Waals surface area (Å²) in [5.74, 6) is 1.11. The Morgan fingerprint density at radius 1 is 0.685 bits per heavy atom. The smallest absolute Gasteiger partial charge is 0.269 e. The first-order valence-corrected chi connectivity index (χ1v) is 23.9. The van der Waals surface area contributed by atoms with E-state index in [1.54, 1.807) is 20.7 Å². The summed E-state index contributed by atoms with van der Waals surface area (Å²) in [4.78, 5) is 16.0. The van der Waals surface area contributed by atoms with Crippen LogP contribution in [0.5, 0.6) is 0 Å². The maximum Gasteiger partial charge on any atom is 0.269 e. The van der Waals surface area contributed by atoms with Crippen LogP contribution in [0.4, 0.5) is 11.4 Å². The predicted molar refractivity (Wildman–Crippen MR) is 218 cm³/mol. The maximum atomic E-state index is 11.7. The molecule has 4 aliphatic rings. The predicted octanol–water partition coefficient (Wildman–Crippen LogP) is 5.35. The number of nitro benzene ring substituents is 1. The van der Waals surface area contributed by atoms with Crippen LogP contribution in [0.1, 0.15) is 87.5 Å².